The molecule has 0 aliphatic rings. The Balaban J connectivity index is 0. The number of rotatable bonds is 3. The predicted octanol–water partition coefficient (Wildman–Crippen LogP) is 0.785. The average molecular weight is 153 g/mol. The smallest absolute Gasteiger partial charge is 0.177 e. The second-order valence-electron chi connectivity index (χ2n) is 1.60. The first-order valence-electron chi connectivity index (χ1n) is 3.11. The van der Waals surface area contributed by atoms with Crippen LogP contribution in [-0.4, -0.2) is 11.4 Å². The molecule has 0 saturated heterocycles. The maximum Gasteiger partial charge on any atom is 0.177 e. The summed E-state index contributed by atoms with van der Waals surface area (Å²) < 4.78 is 8.57. The summed E-state index contributed by atoms with van der Waals surface area (Å²) in [4.78, 5) is 7.10. The molecule has 4 heteroatoms. The van der Waals surface area contributed by atoms with Crippen molar-refractivity contribution in [3.8, 4) is 0 Å². The highest BCUT2D eigenvalue weighted by Crippen LogP contribution is 1.88. The van der Waals surface area contributed by atoms with Crippen LogP contribution in [0, 0.1) is 0 Å². The minimum atomic E-state index is -1.50. The van der Waals surface area contributed by atoms with Crippen molar-refractivity contribution in [3.63, 3.8) is 0 Å². The average Bonchev–Trinajstić information content (AvgIpc) is 1.86. The minimum absolute atomic E-state index is 0.855. The second-order valence-corrected chi connectivity index (χ2v) is 1.81. The molecule has 1 unspecified atom stereocenters. The van der Waals surface area contributed by atoms with Crippen LogP contribution >= 0.6 is 8.69 Å². The highest BCUT2D eigenvalue weighted by molar-refractivity contribution is 7.16. The summed E-state index contributed by atoms with van der Waals surface area (Å²) in [5, 5.41) is 0. The van der Waals surface area contributed by atoms with E-state index in [-0.39, 0.29) is 0 Å². The summed E-state index contributed by atoms with van der Waals surface area (Å²) in [7, 11) is -1.50. The predicted molar refractivity (Wildman–Crippen MR) is 41.2 cm³/mol. The van der Waals surface area contributed by atoms with Gasteiger partial charge >= 0.3 is 0 Å². The van der Waals surface area contributed by atoms with Gasteiger partial charge in [-0.2, -0.15) is 0 Å². The van der Waals surface area contributed by atoms with E-state index in [4.69, 9.17) is 15.2 Å². The number of hydrogen-bond donors (Lipinski definition) is 2. The maximum atomic E-state index is 8.57. The van der Waals surface area contributed by atoms with Crippen LogP contribution in [0.5, 0.6) is 0 Å². The van der Waals surface area contributed by atoms with Gasteiger partial charge in [-0.3, -0.25) is 4.57 Å². The van der Waals surface area contributed by atoms with E-state index in [1.807, 2.05) is 0 Å². The van der Waals surface area contributed by atoms with Gasteiger partial charge in [-0.05, 0) is 13.0 Å². The molecule has 3 nitrogen and oxygen atoms in total. The zero-order valence-electron chi connectivity index (χ0n) is 5.84. The van der Waals surface area contributed by atoms with Gasteiger partial charge in [0.25, 0.3) is 0 Å². The van der Waals surface area contributed by atoms with E-state index in [0.29, 0.717) is 0 Å². The van der Waals surface area contributed by atoms with Crippen LogP contribution in [0.15, 0.2) is 0 Å². The maximum absolute atomic E-state index is 8.57. The van der Waals surface area contributed by atoms with Gasteiger partial charge in [0, 0.05) is 0 Å². The van der Waals surface area contributed by atoms with E-state index in [2.05, 4.69) is 6.92 Å². The Morgan fingerprint density at radius 3 is 2.11 bits per heavy atom. The largest absolute Gasteiger partial charge is 0.348 e. The zero-order valence-corrected chi connectivity index (χ0v) is 6.99. The van der Waals surface area contributed by atoms with Crippen molar-refractivity contribution >= 4 is 8.69 Å². The third-order valence-corrected chi connectivity index (χ3v) is 0.808. The molecule has 1 atom stereocenters. The molecule has 0 aliphatic heterocycles. The van der Waals surface area contributed by atoms with E-state index < -0.39 is 8.69 Å². The lowest BCUT2D eigenvalue weighted by atomic mass is 10.3. The Hall–Kier alpha value is 0.150. The molecule has 0 aromatic heterocycles. The minimum Gasteiger partial charge on any atom is -0.348 e. The Kier molecular flexibility index (Phi) is 20.8. The van der Waals surface area contributed by atoms with Gasteiger partial charge in [-0.15, -0.1) is 0 Å². The summed E-state index contributed by atoms with van der Waals surface area (Å²) in [5.41, 5.74) is 5.21. The van der Waals surface area contributed by atoms with Gasteiger partial charge in [0.15, 0.2) is 8.69 Å². The molecular weight excluding hydrogens is 137 g/mol. The van der Waals surface area contributed by atoms with Gasteiger partial charge in [0.1, 0.15) is 0 Å². The molecular formula is C5H16NO2P. The van der Waals surface area contributed by atoms with Gasteiger partial charge in [-0.25, -0.2) is 0 Å². The van der Waals surface area contributed by atoms with Crippen molar-refractivity contribution in [1.82, 2.24) is 0 Å². The lowest BCUT2D eigenvalue weighted by Gasteiger charge is -1.86. The molecule has 0 saturated carbocycles. The van der Waals surface area contributed by atoms with Crippen LogP contribution in [0.2, 0.25) is 0 Å². The Bertz CT molecular complexity index is 48.2. The Morgan fingerprint density at radius 2 is 2.00 bits per heavy atom. The SMILES string of the molecule is CCCCCN.O=[PH2]O. The normalized spacial score (nSPS) is 9.22. The molecule has 0 bridgehead atoms. The van der Waals surface area contributed by atoms with E-state index >= 15 is 0 Å². The topological polar surface area (TPSA) is 63.3 Å². The monoisotopic (exact) mass is 153 g/mol. The first-order valence-corrected chi connectivity index (χ1v) is 4.10. The molecule has 0 fully saturated rings. The van der Waals surface area contributed by atoms with Gasteiger partial charge in [-0.1, -0.05) is 19.8 Å². The first-order chi connectivity index (χ1) is 4.33. The number of unbranched alkanes of at least 4 members (excludes halogenated alkanes) is 2. The summed E-state index contributed by atoms with van der Waals surface area (Å²) >= 11 is 0. The molecule has 0 spiro atoms. The van der Waals surface area contributed by atoms with Gasteiger partial charge in [0.2, 0.25) is 0 Å². The van der Waals surface area contributed by atoms with E-state index in [1.54, 1.807) is 0 Å². The highest BCUT2D eigenvalue weighted by atomic mass is 31.1. The van der Waals surface area contributed by atoms with Crippen molar-refractivity contribution in [2.75, 3.05) is 6.54 Å². The summed E-state index contributed by atoms with van der Waals surface area (Å²) in [6, 6.07) is 0. The van der Waals surface area contributed by atoms with Crippen molar-refractivity contribution in [2.24, 2.45) is 5.73 Å². The van der Waals surface area contributed by atoms with Crippen LogP contribution in [-0.2, 0) is 4.57 Å². The molecule has 0 rings (SSSR count). The summed E-state index contributed by atoms with van der Waals surface area (Å²) in [6.07, 6.45) is 3.75. The molecule has 0 aromatic carbocycles. The number of nitrogens with two attached hydrogens (primary N) is 1. The van der Waals surface area contributed by atoms with Crippen LogP contribution < -0.4 is 5.73 Å². The fraction of sp³-hybridized carbons (Fsp3) is 1.00. The zero-order chi connectivity index (χ0) is 7.54. The molecule has 0 radical (unpaired) electrons. The lowest BCUT2D eigenvalue weighted by molar-refractivity contribution is 0.524. The Morgan fingerprint density at radius 1 is 1.56 bits per heavy atom. The van der Waals surface area contributed by atoms with Crippen LogP contribution in [0.1, 0.15) is 26.2 Å². The fourth-order valence-electron chi connectivity index (χ4n) is 0.394. The van der Waals surface area contributed by atoms with Gasteiger partial charge in [0.05, 0.1) is 0 Å². The van der Waals surface area contributed by atoms with Crippen LogP contribution in [0.4, 0.5) is 0 Å². The fourth-order valence-corrected chi connectivity index (χ4v) is 0.394. The lowest BCUT2D eigenvalue weighted by Crippen LogP contribution is -1.96. The molecule has 9 heavy (non-hydrogen) atoms. The van der Waals surface area contributed by atoms with Crippen LogP contribution in [0.3, 0.4) is 0 Å². The van der Waals surface area contributed by atoms with E-state index in [0.717, 1.165) is 6.54 Å². The van der Waals surface area contributed by atoms with Crippen molar-refractivity contribution in [1.29, 1.82) is 0 Å². The van der Waals surface area contributed by atoms with E-state index in [9.17, 15) is 0 Å². The van der Waals surface area contributed by atoms with Crippen molar-refractivity contribution in [2.45, 2.75) is 26.2 Å². The molecule has 0 aliphatic carbocycles. The van der Waals surface area contributed by atoms with Gasteiger partial charge < -0.3 is 10.6 Å². The number of hydrogen-bond acceptors (Lipinski definition) is 2. The molecule has 58 valence electrons. The molecule has 3 N–H and O–H groups in total. The summed E-state index contributed by atoms with van der Waals surface area (Å²) in [6.45, 7) is 3.03. The van der Waals surface area contributed by atoms with E-state index in [1.165, 1.54) is 19.3 Å². The standard InChI is InChI=1S/C5H13N.H3O2P/c1-2-3-4-5-6;1-3-2/h2-6H2,1H3;3H2,(H,1,2). The third-order valence-electron chi connectivity index (χ3n) is 0.808. The second kappa shape index (κ2) is 15.7. The Labute approximate surface area is 57.5 Å². The molecule has 0 aromatic rings. The molecule has 0 amide bonds. The van der Waals surface area contributed by atoms with Crippen molar-refractivity contribution < 1.29 is 9.46 Å². The highest BCUT2D eigenvalue weighted by Gasteiger charge is 1.75. The third kappa shape index (κ3) is 31.1. The van der Waals surface area contributed by atoms with Crippen LogP contribution in [0.25, 0.3) is 0 Å². The quantitative estimate of drug-likeness (QED) is 0.465. The first kappa shape index (κ1) is 11.9. The molecule has 0 heterocycles. The van der Waals surface area contributed by atoms with Crippen molar-refractivity contribution in [3.05, 3.63) is 0 Å². The summed E-state index contributed by atoms with van der Waals surface area (Å²) in [5.74, 6) is 0.